The minimum atomic E-state index is -0.537. The number of amides is 1. The largest absolute Gasteiger partial charge is 0.310 e. The van der Waals surface area contributed by atoms with Crippen molar-refractivity contribution in [3.8, 4) is 0 Å². The average Bonchev–Trinajstić information content (AvgIpc) is 2.52. The second-order valence-electron chi connectivity index (χ2n) is 3.36. The number of nitrogens with one attached hydrogen (secondary N) is 1. The van der Waals surface area contributed by atoms with Crippen LogP contribution in [0.25, 0.3) is 0 Å². The van der Waals surface area contributed by atoms with Crippen LogP contribution < -0.4 is 5.32 Å². The fraction of sp³-hybridized carbons (Fsp3) is 0.556. The summed E-state index contributed by atoms with van der Waals surface area (Å²) in [7, 11) is 0. The number of anilines is 1. The molecule has 1 rings (SSSR count). The number of carbonyl (C=O) groups excluding carboxylic acids is 1. The summed E-state index contributed by atoms with van der Waals surface area (Å²) in [6.07, 6.45) is 1.65. The fourth-order valence-electron chi connectivity index (χ4n) is 1.05. The van der Waals surface area contributed by atoms with Crippen LogP contribution in [-0.2, 0) is 4.79 Å². The number of alkyl halides is 1. The first-order valence-electron chi connectivity index (χ1n) is 4.51. The zero-order chi connectivity index (χ0) is 10.7. The van der Waals surface area contributed by atoms with Crippen molar-refractivity contribution < 1.29 is 4.79 Å². The van der Waals surface area contributed by atoms with Crippen molar-refractivity contribution >= 4 is 23.3 Å². The normalized spacial score (nSPS) is 12.9. The Balaban J connectivity index is 2.76. The number of halogens is 1. The van der Waals surface area contributed by atoms with Gasteiger partial charge in [0.2, 0.25) is 5.91 Å². The third-order valence-electron chi connectivity index (χ3n) is 1.77. The van der Waals surface area contributed by atoms with Gasteiger partial charge in [0.05, 0.1) is 6.20 Å². The molecule has 0 spiro atoms. The van der Waals surface area contributed by atoms with Gasteiger partial charge in [0, 0.05) is 12.1 Å². The van der Waals surface area contributed by atoms with Crippen LogP contribution in [0.3, 0.4) is 0 Å². The van der Waals surface area contributed by atoms with E-state index in [2.05, 4.69) is 10.4 Å². The molecule has 1 amide bonds. The lowest BCUT2D eigenvalue weighted by atomic mass is 10.4. The van der Waals surface area contributed by atoms with Crippen molar-refractivity contribution in [3.63, 3.8) is 0 Å². The lowest BCUT2D eigenvalue weighted by Gasteiger charge is -2.12. The molecule has 0 saturated heterocycles. The Morgan fingerprint density at radius 1 is 1.57 bits per heavy atom. The minimum absolute atomic E-state index is 0.214. The van der Waals surface area contributed by atoms with Gasteiger partial charge in [-0.05, 0) is 20.8 Å². The zero-order valence-corrected chi connectivity index (χ0v) is 9.25. The first-order chi connectivity index (χ1) is 6.52. The third-order valence-corrected chi connectivity index (χ3v) is 1.97. The van der Waals surface area contributed by atoms with Gasteiger partial charge in [-0.25, -0.2) is 4.68 Å². The van der Waals surface area contributed by atoms with E-state index < -0.39 is 5.38 Å². The Kier molecular flexibility index (Phi) is 3.52. The maximum atomic E-state index is 11.3. The number of aromatic nitrogens is 2. The molecule has 14 heavy (non-hydrogen) atoms. The summed E-state index contributed by atoms with van der Waals surface area (Å²) in [6.45, 7) is 5.62. The molecule has 0 aliphatic heterocycles. The summed E-state index contributed by atoms with van der Waals surface area (Å²) < 4.78 is 1.73. The van der Waals surface area contributed by atoms with Crippen LogP contribution in [0, 0.1) is 0 Å². The van der Waals surface area contributed by atoms with E-state index in [4.69, 9.17) is 11.6 Å². The van der Waals surface area contributed by atoms with E-state index in [1.807, 2.05) is 13.8 Å². The van der Waals surface area contributed by atoms with Gasteiger partial charge in [-0.2, -0.15) is 5.10 Å². The monoisotopic (exact) mass is 215 g/mol. The molecule has 78 valence electrons. The maximum Gasteiger partial charge on any atom is 0.243 e. The number of hydrogen-bond acceptors (Lipinski definition) is 2. The fourth-order valence-corrected chi connectivity index (χ4v) is 1.10. The van der Waals surface area contributed by atoms with Crippen LogP contribution in [0.2, 0.25) is 0 Å². The Morgan fingerprint density at radius 3 is 2.71 bits per heavy atom. The molecule has 0 radical (unpaired) electrons. The molecule has 1 heterocycles. The van der Waals surface area contributed by atoms with Crippen molar-refractivity contribution in [2.24, 2.45) is 0 Å². The SMILES string of the molecule is CC(C)n1nccc1NC(=O)[C@@H](C)Cl. The van der Waals surface area contributed by atoms with Crippen LogP contribution in [0.15, 0.2) is 12.3 Å². The molecule has 0 bridgehead atoms. The van der Waals surface area contributed by atoms with Gasteiger partial charge in [-0.3, -0.25) is 4.79 Å². The molecule has 0 fully saturated rings. The summed E-state index contributed by atoms with van der Waals surface area (Å²) in [5.41, 5.74) is 0. The van der Waals surface area contributed by atoms with Crippen LogP contribution in [0.1, 0.15) is 26.8 Å². The van der Waals surface area contributed by atoms with E-state index in [1.165, 1.54) is 0 Å². The van der Waals surface area contributed by atoms with Crippen molar-refractivity contribution in [3.05, 3.63) is 12.3 Å². The Bertz CT molecular complexity index is 320. The summed E-state index contributed by atoms with van der Waals surface area (Å²) in [5, 5.41) is 6.25. The molecule has 0 saturated carbocycles. The van der Waals surface area contributed by atoms with E-state index in [0.29, 0.717) is 5.82 Å². The molecule has 0 unspecified atom stereocenters. The van der Waals surface area contributed by atoms with Crippen molar-refractivity contribution in [1.82, 2.24) is 9.78 Å². The maximum absolute atomic E-state index is 11.3. The van der Waals surface area contributed by atoms with E-state index >= 15 is 0 Å². The first-order valence-corrected chi connectivity index (χ1v) is 4.94. The van der Waals surface area contributed by atoms with E-state index in [1.54, 1.807) is 23.9 Å². The highest BCUT2D eigenvalue weighted by Gasteiger charge is 2.12. The van der Waals surface area contributed by atoms with Crippen molar-refractivity contribution in [2.75, 3.05) is 5.32 Å². The highest BCUT2D eigenvalue weighted by molar-refractivity contribution is 6.32. The standard InChI is InChI=1S/C9H14ClN3O/c1-6(2)13-8(4-5-11-13)12-9(14)7(3)10/h4-7H,1-3H3,(H,12,14)/t7-/m1/s1. The molecule has 1 aromatic rings. The van der Waals surface area contributed by atoms with Gasteiger partial charge in [-0.15, -0.1) is 11.6 Å². The summed E-state index contributed by atoms with van der Waals surface area (Å²) in [6, 6.07) is 1.96. The quantitative estimate of drug-likeness (QED) is 0.785. The van der Waals surface area contributed by atoms with Gasteiger partial charge in [0.1, 0.15) is 11.2 Å². The molecular weight excluding hydrogens is 202 g/mol. The topological polar surface area (TPSA) is 46.9 Å². The first kappa shape index (κ1) is 11.0. The second-order valence-corrected chi connectivity index (χ2v) is 4.01. The molecule has 4 nitrogen and oxygen atoms in total. The zero-order valence-electron chi connectivity index (χ0n) is 8.49. The van der Waals surface area contributed by atoms with Crippen LogP contribution in [-0.4, -0.2) is 21.1 Å². The van der Waals surface area contributed by atoms with Gasteiger partial charge >= 0.3 is 0 Å². The lowest BCUT2D eigenvalue weighted by Crippen LogP contribution is -2.22. The Labute approximate surface area is 88.2 Å². The van der Waals surface area contributed by atoms with Gasteiger partial charge in [-0.1, -0.05) is 0 Å². The highest BCUT2D eigenvalue weighted by atomic mass is 35.5. The van der Waals surface area contributed by atoms with Crippen LogP contribution in [0.4, 0.5) is 5.82 Å². The Hall–Kier alpha value is -1.03. The van der Waals surface area contributed by atoms with Crippen LogP contribution in [0.5, 0.6) is 0 Å². The Morgan fingerprint density at radius 2 is 2.21 bits per heavy atom. The third kappa shape index (κ3) is 2.48. The lowest BCUT2D eigenvalue weighted by molar-refractivity contribution is -0.115. The van der Waals surface area contributed by atoms with E-state index in [-0.39, 0.29) is 11.9 Å². The summed E-state index contributed by atoms with van der Waals surface area (Å²) in [4.78, 5) is 11.3. The van der Waals surface area contributed by atoms with Gasteiger partial charge < -0.3 is 5.32 Å². The predicted octanol–water partition coefficient (Wildman–Crippen LogP) is 2.03. The van der Waals surface area contributed by atoms with Gasteiger partial charge in [0.15, 0.2) is 0 Å². The molecule has 0 aromatic carbocycles. The number of carbonyl (C=O) groups is 1. The number of rotatable bonds is 3. The summed E-state index contributed by atoms with van der Waals surface area (Å²) >= 11 is 5.64. The van der Waals surface area contributed by atoms with E-state index in [9.17, 15) is 4.79 Å². The average molecular weight is 216 g/mol. The van der Waals surface area contributed by atoms with Crippen molar-refractivity contribution in [2.45, 2.75) is 32.2 Å². The second kappa shape index (κ2) is 4.46. The molecule has 0 aliphatic carbocycles. The smallest absolute Gasteiger partial charge is 0.243 e. The highest BCUT2D eigenvalue weighted by Crippen LogP contribution is 2.13. The van der Waals surface area contributed by atoms with Gasteiger partial charge in [0.25, 0.3) is 0 Å². The van der Waals surface area contributed by atoms with Crippen LogP contribution >= 0.6 is 11.6 Å². The number of nitrogens with zero attached hydrogens (tertiary/aromatic N) is 2. The summed E-state index contributed by atoms with van der Waals surface area (Å²) in [5.74, 6) is 0.464. The molecule has 1 N–H and O–H groups in total. The minimum Gasteiger partial charge on any atom is -0.310 e. The molecule has 0 aliphatic rings. The molecule has 1 aromatic heterocycles. The van der Waals surface area contributed by atoms with E-state index in [0.717, 1.165) is 0 Å². The molecule has 5 heteroatoms. The molecular formula is C9H14ClN3O. The number of hydrogen-bond donors (Lipinski definition) is 1. The predicted molar refractivity (Wildman–Crippen MR) is 56.6 cm³/mol. The van der Waals surface area contributed by atoms with Crippen molar-refractivity contribution in [1.29, 1.82) is 0 Å². The molecule has 1 atom stereocenters.